The van der Waals surface area contributed by atoms with E-state index in [1.807, 2.05) is 17.0 Å². The Bertz CT molecular complexity index is 581. The SMILES string of the molecule is O=C(O)c1ccc2c(c1)N(Cc1cscn1)CC2. The summed E-state index contributed by atoms with van der Waals surface area (Å²) in [6, 6.07) is 5.35. The van der Waals surface area contributed by atoms with Gasteiger partial charge in [0.2, 0.25) is 0 Å². The Morgan fingerprint density at radius 2 is 2.39 bits per heavy atom. The van der Waals surface area contributed by atoms with Crippen molar-refractivity contribution >= 4 is 23.0 Å². The van der Waals surface area contributed by atoms with E-state index in [2.05, 4.69) is 9.88 Å². The Labute approximate surface area is 109 Å². The van der Waals surface area contributed by atoms with Crippen LogP contribution in [0, 0.1) is 0 Å². The molecular formula is C13H12N2O2S. The molecule has 1 aliphatic rings. The minimum atomic E-state index is -0.877. The molecular weight excluding hydrogens is 248 g/mol. The molecule has 0 saturated heterocycles. The molecule has 18 heavy (non-hydrogen) atoms. The lowest BCUT2D eigenvalue weighted by molar-refractivity contribution is 0.0697. The highest BCUT2D eigenvalue weighted by atomic mass is 32.1. The van der Waals surface area contributed by atoms with Crippen LogP contribution in [0.4, 0.5) is 5.69 Å². The third kappa shape index (κ3) is 1.97. The highest BCUT2D eigenvalue weighted by Gasteiger charge is 2.21. The van der Waals surface area contributed by atoms with Crippen LogP contribution in [0.15, 0.2) is 29.1 Å². The van der Waals surface area contributed by atoms with E-state index in [-0.39, 0.29) is 0 Å². The van der Waals surface area contributed by atoms with E-state index < -0.39 is 5.97 Å². The zero-order chi connectivity index (χ0) is 12.5. The topological polar surface area (TPSA) is 53.4 Å². The Hall–Kier alpha value is -1.88. The van der Waals surface area contributed by atoms with Crippen LogP contribution in [-0.2, 0) is 13.0 Å². The van der Waals surface area contributed by atoms with Crippen LogP contribution in [0.3, 0.4) is 0 Å². The third-order valence-corrected chi connectivity index (χ3v) is 3.80. The van der Waals surface area contributed by atoms with E-state index in [4.69, 9.17) is 5.11 Å². The monoisotopic (exact) mass is 260 g/mol. The second-order valence-electron chi connectivity index (χ2n) is 4.30. The van der Waals surface area contributed by atoms with Gasteiger partial charge >= 0.3 is 5.97 Å². The minimum Gasteiger partial charge on any atom is -0.478 e. The molecule has 3 rings (SSSR count). The number of fused-ring (bicyclic) bond motifs is 1. The summed E-state index contributed by atoms with van der Waals surface area (Å²) < 4.78 is 0. The van der Waals surface area contributed by atoms with Gasteiger partial charge in [-0.3, -0.25) is 0 Å². The summed E-state index contributed by atoms with van der Waals surface area (Å²) in [4.78, 5) is 17.5. The number of aromatic carboxylic acids is 1. The van der Waals surface area contributed by atoms with Crippen molar-refractivity contribution < 1.29 is 9.90 Å². The van der Waals surface area contributed by atoms with Crippen LogP contribution in [0.5, 0.6) is 0 Å². The Kier molecular flexibility index (Phi) is 2.76. The van der Waals surface area contributed by atoms with Crippen LogP contribution in [-0.4, -0.2) is 22.6 Å². The number of nitrogens with zero attached hydrogens (tertiary/aromatic N) is 2. The summed E-state index contributed by atoms with van der Waals surface area (Å²) in [5, 5.41) is 11.1. The Morgan fingerprint density at radius 3 is 3.11 bits per heavy atom. The Morgan fingerprint density at radius 1 is 1.50 bits per heavy atom. The number of thiazole rings is 1. The quantitative estimate of drug-likeness (QED) is 0.920. The first-order valence-electron chi connectivity index (χ1n) is 5.72. The molecule has 0 aliphatic carbocycles. The van der Waals surface area contributed by atoms with Crippen LogP contribution in [0.2, 0.25) is 0 Å². The molecule has 2 aromatic rings. The third-order valence-electron chi connectivity index (χ3n) is 3.16. The molecule has 0 fully saturated rings. The maximum atomic E-state index is 11.0. The number of carbonyl (C=O) groups is 1. The fourth-order valence-corrected chi connectivity index (χ4v) is 2.80. The maximum Gasteiger partial charge on any atom is 0.335 e. The zero-order valence-electron chi connectivity index (χ0n) is 9.67. The summed E-state index contributed by atoms with van der Waals surface area (Å²) in [6.45, 7) is 1.68. The lowest BCUT2D eigenvalue weighted by Crippen LogP contribution is -2.20. The predicted octanol–water partition coefficient (Wildman–Crippen LogP) is 2.40. The first-order valence-corrected chi connectivity index (χ1v) is 6.66. The van der Waals surface area contributed by atoms with Crippen LogP contribution >= 0.6 is 11.3 Å². The molecule has 4 nitrogen and oxygen atoms in total. The number of anilines is 1. The molecule has 0 unspecified atom stereocenters. The molecule has 0 saturated carbocycles. The highest BCUT2D eigenvalue weighted by molar-refractivity contribution is 7.07. The van der Waals surface area contributed by atoms with Crippen LogP contribution < -0.4 is 4.90 Å². The number of carboxylic acid groups (broad SMARTS) is 1. The van der Waals surface area contributed by atoms with Crippen molar-refractivity contribution in [1.82, 2.24) is 4.98 Å². The number of carboxylic acids is 1. The van der Waals surface area contributed by atoms with Gasteiger partial charge < -0.3 is 10.0 Å². The fourth-order valence-electron chi connectivity index (χ4n) is 2.25. The van der Waals surface area contributed by atoms with Crippen molar-refractivity contribution in [2.24, 2.45) is 0 Å². The van der Waals surface area contributed by atoms with Gasteiger partial charge in [0, 0.05) is 17.6 Å². The first kappa shape index (κ1) is 11.2. The van der Waals surface area contributed by atoms with Crippen molar-refractivity contribution in [3.63, 3.8) is 0 Å². The molecule has 1 aromatic heterocycles. The number of hydrogen-bond acceptors (Lipinski definition) is 4. The maximum absolute atomic E-state index is 11.0. The number of benzene rings is 1. The van der Waals surface area contributed by atoms with Gasteiger partial charge in [0.05, 0.1) is 23.3 Å². The van der Waals surface area contributed by atoms with Gasteiger partial charge in [-0.2, -0.15) is 0 Å². The second-order valence-corrected chi connectivity index (χ2v) is 5.02. The first-order chi connectivity index (χ1) is 8.74. The van der Waals surface area contributed by atoms with Crippen LogP contribution in [0.1, 0.15) is 21.6 Å². The fraction of sp³-hybridized carbons (Fsp3) is 0.231. The summed E-state index contributed by atoms with van der Waals surface area (Å²) >= 11 is 1.58. The molecule has 0 radical (unpaired) electrons. The van der Waals surface area contributed by atoms with Gasteiger partial charge in [-0.15, -0.1) is 11.3 Å². The number of hydrogen-bond donors (Lipinski definition) is 1. The predicted molar refractivity (Wildman–Crippen MR) is 70.3 cm³/mol. The van der Waals surface area contributed by atoms with Gasteiger partial charge in [-0.25, -0.2) is 9.78 Å². The zero-order valence-corrected chi connectivity index (χ0v) is 10.5. The molecule has 5 heteroatoms. The van der Waals surface area contributed by atoms with E-state index in [9.17, 15) is 4.79 Å². The van der Waals surface area contributed by atoms with Crippen molar-refractivity contribution in [2.75, 3.05) is 11.4 Å². The highest BCUT2D eigenvalue weighted by Crippen LogP contribution is 2.30. The number of aromatic nitrogens is 1. The Balaban J connectivity index is 1.90. The molecule has 92 valence electrons. The largest absolute Gasteiger partial charge is 0.478 e. The standard InChI is InChI=1S/C13H12N2O2S/c16-13(17)10-2-1-9-3-4-15(12(9)5-10)6-11-7-18-8-14-11/h1-2,5,7-8H,3-4,6H2,(H,16,17). The molecule has 0 spiro atoms. The van der Waals surface area contributed by atoms with Gasteiger partial charge in [0.25, 0.3) is 0 Å². The molecule has 0 amide bonds. The van der Waals surface area contributed by atoms with Gasteiger partial charge in [0.1, 0.15) is 0 Å². The molecule has 0 bridgehead atoms. The van der Waals surface area contributed by atoms with Crippen molar-refractivity contribution in [1.29, 1.82) is 0 Å². The van der Waals surface area contributed by atoms with Crippen molar-refractivity contribution in [3.05, 3.63) is 45.9 Å². The lowest BCUT2D eigenvalue weighted by atomic mass is 10.1. The average Bonchev–Trinajstić information content (AvgIpc) is 2.99. The molecule has 1 N–H and O–H groups in total. The van der Waals surface area contributed by atoms with Gasteiger partial charge in [0.15, 0.2) is 0 Å². The van der Waals surface area contributed by atoms with E-state index in [1.165, 1.54) is 5.56 Å². The van der Waals surface area contributed by atoms with E-state index >= 15 is 0 Å². The van der Waals surface area contributed by atoms with E-state index in [1.54, 1.807) is 23.5 Å². The minimum absolute atomic E-state index is 0.346. The van der Waals surface area contributed by atoms with Crippen LogP contribution in [0.25, 0.3) is 0 Å². The second kappa shape index (κ2) is 4.42. The average molecular weight is 260 g/mol. The normalized spacial score (nSPS) is 13.7. The number of rotatable bonds is 3. The summed E-state index contributed by atoms with van der Waals surface area (Å²) in [6.07, 6.45) is 0.972. The van der Waals surface area contributed by atoms with Gasteiger partial charge in [-0.1, -0.05) is 6.07 Å². The molecule has 2 heterocycles. The van der Waals surface area contributed by atoms with Crippen molar-refractivity contribution in [2.45, 2.75) is 13.0 Å². The lowest BCUT2D eigenvalue weighted by Gasteiger charge is -2.18. The molecule has 1 aromatic carbocycles. The smallest absolute Gasteiger partial charge is 0.335 e. The summed E-state index contributed by atoms with van der Waals surface area (Å²) in [7, 11) is 0. The summed E-state index contributed by atoms with van der Waals surface area (Å²) in [5.41, 5.74) is 5.45. The molecule has 0 atom stereocenters. The van der Waals surface area contributed by atoms with E-state index in [0.717, 1.165) is 30.9 Å². The van der Waals surface area contributed by atoms with Gasteiger partial charge in [-0.05, 0) is 24.1 Å². The van der Waals surface area contributed by atoms with E-state index in [0.29, 0.717) is 5.56 Å². The van der Waals surface area contributed by atoms with Crippen molar-refractivity contribution in [3.8, 4) is 0 Å². The summed E-state index contributed by atoms with van der Waals surface area (Å²) in [5.74, 6) is -0.877. The molecule has 1 aliphatic heterocycles.